The van der Waals surface area contributed by atoms with E-state index in [0.717, 1.165) is 0 Å². The molecule has 8 N–H and O–H groups in total. The molecule has 0 radical (unpaired) electrons. The molecule has 0 aliphatic rings. The fourth-order valence-corrected chi connectivity index (χ4v) is 2.47. The van der Waals surface area contributed by atoms with Crippen molar-refractivity contribution in [1.29, 1.82) is 0 Å². The van der Waals surface area contributed by atoms with Gasteiger partial charge in [0.05, 0.1) is 6.04 Å². The zero-order valence-corrected chi connectivity index (χ0v) is 18.2. The molecule has 172 valence electrons. The molecular formula is C19H35N5O6. The van der Waals surface area contributed by atoms with Gasteiger partial charge in [0, 0.05) is 6.42 Å². The number of carboxylic acids is 1. The largest absolute Gasteiger partial charge is 0.480 e. The van der Waals surface area contributed by atoms with Gasteiger partial charge in [-0.3, -0.25) is 19.2 Å². The van der Waals surface area contributed by atoms with E-state index in [2.05, 4.69) is 16.0 Å². The number of carbonyl (C=O) groups is 5. The third-order valence-electron chi connectivity index (χ3n) is 4.86. The van der Waals surface area contributed by atoms with Crippen molar-refractivity contribution in [3.05, 3.63) is 0 Å². The molecule has 5 atom stereocenters. The Hall–Kier alpha value is -2.69. The summed E-state index contributed by atoms with van der Waals surface area (Å²) in [6, 6.07) is -4.16. The van der Waals surface area contributed by atoms with Crippen molar-refractivity contribution in [3.8, 4) is 0 Å². The van der Waals surface area contributed by atoms with Gasteiger partial charge in [-0.15, -0.1) is 0 Å². The Morgan fingerprint density at radius 2 is 1.47 bits per heavy atom. The number of hydrogen-bond donors (Lipinski definition) is 6. The Morgan fingerprint density at radius 3 is 1.90 bits per heavy atom. The maximum Gasteiger partial charge on any atom is 0.326 e. The van der Waals surface area contributed by atoms with Crippen LogP contribution in [0.1, 0.15) is 53.9 Å². The predicted octanol–water partition coefficient (Wildman–Crippen LogP) is -1.16. The highest BCUT2D eigenvalue weighted by Crippen LogP contribution is 2.08. The van der Waals surface area contributed by atoms with Gasteiger partial charge in [-0.2, -0.15) is 0 Å². The lowest BCUT2D eigenvalue weighted by Gasteiger charge is -2.25. The van der Waals surface area contributed by atoms with Gasteiger partial charge in [0.2, 0.25) is 23.6 Å². The van der Waals surface area contributed by atoms with E-state index in [9.17, 15) is 29.1 Å². The first kappa shape index (κ1) is 27.3. The Kier molecular flexibility index (Phi) is 11.6. The van der Waals surface area contributed by atoms with E-state index >= 15 is 0 Å². The average Bonchev–Trinajstić information content (AvgIpc) is 2.66. The molecule has 0 saturated heterocycles. The summed E-state index contributed by atoms with van der Waals surface area (Å²) in [5.41, 5.74) is 10.9. The highest BCUT2D eigenvalue weighted by Gasteiger charge is 2.30. The molecule has 0 heterocycles. The molecule has 4 amide bonds. The van der Waals surface area contributed by atoms with Crippen LogP contribution in [0.3, 0.4) is 0 Å². The second-order valence-corrected chi connectivity index (χ2v) is 7.78. The Morgan fingerprint density at radius 1 is 0.900 bits per heavy atom. The normalized spacial score (nSPS) is 16.0. The van der Waals surface area contributed by atoms with Gasteiger partial charge < -0.3 is 32.5 Å². The number of carboxylic acid groups (broad SMARTS) is 1. The first-order valence-corrected chi connectivity index (χ1v) is 9.99. The van der Waals surface area contributed by atoms with Gasteiger partial charge in [-0.05, 0) is 25.2 Å². The van der Waals surface area contributed by atoms with Gasteiger partial charge in [0.1, 0.15) is 18.1 Å². The fourth-order valence-electron chi connectivity index (χ4n) is 2.47. The average molecular weight is 430 g/mol. The molecule has 0 aromatic rings. The molecule has 0 rings (SSSR count). The highest BCUT2D eigenvalue weighted by molar-refractivity contribution is 5.94. The minimum atomic E-state index is -1.18. The van der Waals surface area contributed by atoms with Gasteiger partial charge in [-0.1, -0.05) is 34.1 Å². The third kappa shape index (κ3) is 9.21. The number of nitrogens with two attached hydrogens (primary N) is 2. The zero-order valence-electron chi connectivity index (χ0n) is 18.2. The summed E-state index contributed by atoms with van der Waals surface area (Å²) < 4.78 is 0. The summed E-state index contributed by atoms with van der Waals surface area (Å²) in [5.74, 6) is -4.29. The van der Waals surface area contributed by atoms with Crippen LogP contribution in [0.25, 0.3) is 0 Å². The standard InChI is InChI=1S/C19H35N5O6/c1-6-10(4)15(19(29)30)24-16(26)11(5)22-17(27)12(7-8-13(20)25)23-18(28)14(21)9(2)3/h9-12,14-15H,6-8,21H2,1-5H3,(H2,20,25)(H,22,27)(H,23,28)(H,24,26)(H,29,30). The topological polar surface area (TPSA) is 194 Å². The van der Waals surface area contributed by atoms with E-state index in [1.165, 1.54) is 6.92 Å². The van der Waals surface area contributed by atoms with E-state index in [1.807, 2.05) is 0 Å². The van der Waals surface area contributed by atoms with Crippen molar-refractivity contribution in [3.63, 3.8) is 0 Å². The van der Waals surface area contributed by atoms with E-state index in [-0.39, 0.29) is 24.7 Å². The number of carbonyl (C=O) groups excluding carboxylic acids is 4. The maximum absolute atomic E-state index is 12.6. The first-order chi connectivity index (χ1) is 13.8. The zero-order chi connectivity index (χ0) is 23.6. The lowest BCUT2D eigenvalue weighted by molar-refractivity contribution is -0.143. The van der Waals surface area contributed by atoms with Crippen LogP contribution in [0.15, 0.2) is 0 Å². The summed E-state index contributed by atoms with van der Waals surface area (Å²) in [6.07, 6.45) is 0.303. The maximum atomic E-state index is 12.6. The molecular weight excluding hydrogens is 394 g/mol. The molecule has 0 saturated carbocycles. The number of rotatable bonds is 13. The smallest absolute Gasteiger partial charge is 0.326 e. The van der Waals surface area contributed by atoms with Crippen LogP contribution in [0.5, 0.6) is 0 Å². The van der Waals surface area contributed by atoms with Gasteiger partial charge in [0.25, 0.3) is 0 Å². The van der Waals surface area contributed by atoms with Crippen molar-refractivity contribution < 1.29 is 29.1 Å². The van der Waals surface area contributed by atoms with Crippen molar-refractivity contribution >= 4 is 29.6 Å². The van der Waals surface area contributed by atoms with E-state index in [0.29, 0.717) is 6.42 Å². The van der Waals surface area contributed by atoms with E-state index in [4.69, 9.17) is 11.5 Å². The Labute approximate surface area is 176 Å². The molecule has 0 aliphatic carbocycles. The molecule has 0 fully saturated rings. The second kappa shape index (κ2) is 12.8. The molecule has 11 nitrogen and oxygen atoms in total. The third-order valence-corrected chi connectivity index (χ3v) is 4.86. The lowest BCUT2D eigenvalue weighted by Crippen LogP contribution is -2.57. The lowest BCUT2D eigenvalue weighted by atomic mass is 9.99. The number of aliphatic carboxylic acids is 1. The number of amides is 4. The fraction of sp³-hybridized carbons (Fsp3) is 0.737. The van der Waals surface area contributed by atoms with Crippen molar-refractivity contribution in [1.82, 2.24) is 16.0 Å². The summed E-state index contributed by atoms with van der Waals surface area (Å²) in [7, 11) is 0. The Balaban J connectivity index is 5.17. The van der Waals surface area contributed by atoms with E-state index < -0.39 is 53.8 Å². The molecule has 5 unspecified atom stereocenters. The summed E-state index contributed by atoms with van der Waals surface area (Å²) >= 11 is 0. The van der Waals surface area contributed by atoms with Crippen molar-refractivity contribution in [2.24, 2.45) is 23.3 Å². The van der Waals surface area contributed by atoms with Gasteiger partial charge in [0.15, 0.2) is 0 Å². The van der Waals surface area contributed by atoms with Crippen molar-refractivity contribution in [2.45, 2.75) is 78.0 Å². The SMILES string of the molecule is CCC(C)C(NC(=O)C(C)NC(=O)C(CCC(N)=O)NC(=O)C(N)C(C)C)C(=O)O. The van der Waals surface area contributed by atoms with Crippen LogP contribution in [-0.2, 0) is 24.0 Å². The molecule has 0 aliphatic heterocycles. The predicted molar refractivity (Wildman–Crippen MR) is 110 cm³/mol. The first-order valence-electron chi connectivity index (χ1n) is 9.99. The quantitative estimate of drug-likeness (QED) is 0.212. The van der Waals surface area contributed by atoms with E-state index in [1.54, 1.807) is 27.7 Å². The molecule has 30 heavy (non-hydrogen) atoms. The van der Waals surface area contributed by atoms with Crippen LogP contribution in [-0.4, -0.2) is 58.9 Å². The molecule has 0 aromatic carbocycles. The molecule has 11 heteroatoms. The number of nitrogens with one attached hydrogen (secondary N) is 3. The second-order valence-electron chi connectivity index (χ2n) is 7.78. The summed E-state index contributed by atoms with van der Waals surface area (Å²) in [6.45, 7) is 8.35. The highest BCUT2D eigenvalue weighted by atomic mass is 16.4. The number of hydrogen-bond acceptors (Lipinski definition) is 6. The number of primary amides is 1. The van der Waals surface area contributed by atoms with Gasteiger partial charge in [-0.25, -0.2) is 4.79 Å². The Bertz CT molecular complexity index is 639. The van der Waals surface area contributed by atoms with Crippen LogP contribution in [0.2, 0.25) is 0 Å². The monoisotopic (exact) mass is 429 g/mol. The summed E-state index contributed by atoms with van der Waals surface area (Å²) in [4.78, 5) is 59.6. The molecule has 0 spiro atoms. The molecule has 0 bridgehead atoms. The molecule has 0 aromatic heterocycles. The minimum Gasteiger partial charge on any atom is -0.480 e. The van der Waals surface area contributed by atoms with Crippen molar-refractivity contribution in [2.75, 3.05) is 0 Å². The van der Waals surface area contributed by atoms with Crippen LogP contribution in [0, 0.1) is 11.8 Å². The van der Waals surface area contributed by atoms with Crippen LogP contribution >= 0.6 is 0 Å². The minimum absolute atomic E-state index is 0.0727. The van der Waals surface area contributed by atoms with Gasteiger partial charge >= 0.3 is 5.97 Å². The van der Waals surface area contributed by atoms with Crippen LogP contribution in [0.4, 0.5) is 0 Å². The van der Waals surface area contributed by atoms with Crippen LogP contribution < -0.4 is 27.4 Å². The summed E-state index contributed by atoms with van der Waals surface area (Å²) in [5, 5.41) is 16.6.